The van der Waals surface area contributed by atoms with E-state index in [0.29, 0.717) is 31.1 Å². The molecule has 1 fully saturated rings. The molecule has 8 heteroatoms. The maximum atomic E-state index is 12.5. The quantitative estimate of drug-likeness (QED) is 0.661. The highest BCUT2D eigenvalue weighted by molar-refractivity contribution is 6.30. The number of piperazine rings is 1. The summed E-state index contributed by atoms with van der Waals surface area (Å²) < 4.78 is 1.73. The monoisotopic (exact) mass is 396 g/mol. The van der Waals surface area contributed by atoms with Crippen molar-refractivity contribution in [1.82, 2.24) is 30.0 Å². The van der Waals surface area contributed by atoms with Crippen LogP contribution in [-0.4, -0.2) is 62.1 Å². The van der Waals surface area contributed by atoms with Crippen LogP contribution < -0.4 is 0 Å². The van der Waals surface area contributed by atoms with Gasteiger partial charge in [-0.25, -0.2) is 0 Å². The molecule has 0 unspecified atom stereocenters. The lowest BCUT2D eigenvalue weighted by molar-refractivity contribution is -0.132. The lowest BCUT2D eigenvalue weighted by atomic mass is 10.1. The summed E-state index contributed by atoms with van der Waals surface area (Å²) in [5, 5.41) is 12.7. The Bertz CT molecular complexity index is 919. The van der Waals surface area contributed by atoms with Crippen molar-refractivity contribution in [1.29, 1.82) is 0 Å². The van der Waals surface area contributed by atoms with Crippen molar-refractivity contribution < 1.29 is 4.79 Å². The van der Waals surface area contributed by atoms with Crippen LogP contribution in [0.4, 0.5) is 0 Å². The van der Waals surface area contributed by atoms with Crippen LogP contribution in [0.1, 0.15) is 11.4 Å². The van der Waals surface area contributed by atoms with Crippen LogP contribution in [0.2, 0.25) is 5.02 Å². The third-order valence-corrected chi connectivity index (χ3v) is 5.15. The predicted molar refractivity (Wildman–Crippen MR) is 106 cm³/mol. The van der Waals surface area contributed by atoms with Gasteiger partial charge >= 0.3 is 0 Å². The van der Waals surface area contributed by atoms with E-state index in [4.69, 9.17) is 11.6 Å². The molecule has 1 aliphatic heterocycles. The van der Waals surface area contributed by atoms with E-state index in [2.05, 4.69) is 20.4 Å². The number of carbonyl (C=O) groups excluding carboxylic acids is 1. The van der Waals surface area contributed by atoms with Crippen LogP contribution in [0, 0.1) is 0 Å². The summed E-state index contributed by atoms with van der Waals surface area (Å²) in [4.78, 5) is 16.7. The fourth-order valence-corrected chi connectivity index (χ4v) is 3.45. The van der Waals surface area contributed by atoms with Gasteiger partial charge in [-0.15, -0.1) is 5.10 Å². The molecule has 0 saturated carbocycles. The number of hydrogen-bond donors (Lipinski definition) is 0. The number of benzene rings is 2. The lowest BCUT2D eigenvalue weighted by Gasteiger charge is -2.34. The van der Waals surface area contributed by atoms with Crippen molar-refractivity contribution in [2.24, 2.45) is 0 Å². The molecule has 28 heavy (non-hydrogen) atoms. The predicted octanol–water partition coefficient (Wildman–Crippen LogP) is 2.20. The molecule has 3 aromatic rings. The van der Waals surface area contributed by atoms with Crippen molar-refractivity contribution in [3.05, 3.63) is 71.0 Å². The Morgan fingerprint density at radius 2 is 1.68 bits per heavy atom. The second-order valence-corrected chi connectivity index (χ2v) is 7.24. The van der Waals surface area contributed by atoms with Gasteiger partial charge in [0, 0.05) is 31.2 Å². The first-order valence-corrected chi connectivity index (χ1v) is 9.64. The molecule has 0 bridgehead atoms. The molecule has 0 aliphatic carbocycles. The van der Waals surface area contributed by atoms with Gasteiger partial charge in [-0.3, -0.25) is 9.69 Å². The summed E-state index contributed by atoms with van der Waals surface area (Å²) in [6.07, 6.45) is 0.454. The molecule has 0 N–H and O–H groups in total. The first kappa shape index (κ1) is 18.6. The van der Waals surface area contributed by atoms with E-state index >= 15 is 0 Å². The van der Waals surface area contributed by atoms with Crippen LogP contribution in [0.15, 0.2) is 54.6 Å². The minimum atomic E-state index is 0.178. The lowest BCUT2D eigenvalue weighted by Crippen LogP contribution is -2.48. The Morgan fingerprint density at radius 1 is 0.964 bits per heavy atom. The zero-order valence-electron chi connectivity index (χ0n) is 15.4. The minimum absolute atomic E-state index is 0.178. The van der Waals surface area contributed by atoms with E-state index in [-0.39, 0.29) is 5.91 Å². The van der Waals surface area contributed by atoms with Crippen LogP contribution in [0.5, 0.6) is 0 Å². The molecule has 1 aromatic heterocycles. The largest absolute Gasteiger partial charge is 0.340 e. The topological polar surface area (TPSA) is 67.2 Å². The van der Waals surface area contributed by atoms with Crippen LogP contribution in [0.3, 0.4) is 0 Å². The number of hydrogen-bond acceptors (Lipinski definition) is 5. The van der Waals surface area contributed by atoms with Gasteiger partial charge < -0.3 is 4.90 Å². The average molecular weight is 397 g/mol. The molecule has 2 heterocycles. The first-order valence-electron chi connectivity index (χ1n) is 9.26. The molecule has 0 atom stereocenters. The number of rotatable bonds is 5. The third kappa shape index (κ3) is 4.37. The van der Waals surface area contributed by atoms with Gasteiger partial charge in [0.1, 0.15) is 0 Å². The molecule has 7 nitrogen and oxygen atoms in total. The van der Waals surface area contributed by atoms with E-state index < -0.39 is 0 Å². The van der Waals surface area contributed by atoms with Crippen molar-refractivity contribution in [2.45, 2.75) is 13.0 Å². The maximum absolute atomic E-state index is 12.5. The summed E-state index contributed by atoms with van der Waals surface area (Å²) in [5.74, 6) is 0.947. The number of amides is 1. The first-order chi connectivity index (χ1) is 13.7. The summed E-state index contributed by atoms with van der Waals surface area (Å²) in [6, 6.07) is 17.3. The maximum Gasteiger partial charge on any atom is 0.227 e. The Morgan fingerprint density at radius 3 is 2.39 bits per heavy atom. The van der Waals surface area contributed by atoms with Crippen molar-refractivity contribution >= 4 is 17.5 Å². The number of nitrogens with zero attached hydrogens (tertiary/aromatic N) is 6. The Balaban J connectivity index is 1.33. The molecule has 0 spiro atoms. The van der Waals surface area contributed by atoms with Crippen molar-refractivity contribution in [2.75, 3.05) is 26.2 Å². The third-order valence-electron chi connectivity index (χ3n) is 4.89. The van der Waals surface area contributed by atoms with Crippen LogP contribution in [-0.2, 0) is 17.8 Å². The Labute approximate surface area is 168 Å². The van der Waals surface area contributed by atoms with E-state index in [9.17, 15) is 4.79 Å². The summed E-state index contributed by atoms with van der Waals surface area (Å²) in [7, 11) is 0. The molecule has 0 radical (unpaired) electrons. The smallest absolute Gasteiger partial charge is 0.227 e. The second-order valence-electron chi connectivity index (χ2n) is 6.80. The highest BCUT2D eigenvalue weighted by atomic mass is 35.5. The van der Waals surface area contributed by atoms with Gasteiger partial charge in [-0.2, -0.15) is 4.68 Å². The molecule has 1 saturated heterocycles. The Kier molecular flexibility index (Phi) is 5.64. The molecular formula is C20H21ClN6O. The Hall–Kier alpha value is -2.77. The normalized spacial score (nSPS) is 15.0. The van der Waals surface area contributed by atoms with E-state index in [1.54, 1.807) is 4.68 Å². The van der Waals surface area contributed by atoms with Gasteiger partial charge in [0.15, 0.2) is 5.82 Å². The van der Waals surface area contributed by atoms with E-state index in [0.717, 1.165) is 30.2 Å². The number of carbonyl (C=O) groups is 1. The standard InChI is InChI=1S/C20H21ClN6O/c21-17-6-8-18(9-7-17)27-19(22-23-24-27)15-25-10-12-26(13-11-25)20(28)14-16-4-2-1-3-5-16/h1-9H,10-15H2. The zero-order valence-corrected chi connectivity index (χ0v) is 16.2. The molecule has 2 aromatic carbocycles. The van der Waals surface area contributed by atoms with Gasteiger partial charge in [-0.05, 0) is 40.3 Å². The van der Waals surface area contributed by atoms with Crippen molar-refractivity contribution in [3.63, 3.8) is 0 Å². The molecule has 4 rings (SSSR count). The van der Waals surface area contributed by atoms with Gasteiger partial charge in [0.2, 0.25) is 5.91 Å². The van der Waals surface area contributed by atoms with Crippen molar-refractivity contribution in [3.8, 4) is 5.69 Å². The highest BCUT2D eigenvalue weighted by Gasteiger charge is 2.22. The van der Waals surface area contributed by atoms with Crippen LogP contribution >= 0.6 is 11.6 Å². The minimum Gasteiger partial charge on any atom is -0.340 e. The number of halogens is 1. The summed E-state index contributed by atoms with van der Waals surface area (Å²) >= 11 is 5.96. The van der Waals surface area contributed by atoms with E-state index in [1.165, 1.54) is 0 Å². The molecule has 1 amide bonds. The number of tetrazole rings is 1. The fraction of sp³-hybridized carbons (Fsp3) is 0.300. The zero-order chi connectivity index (χ0) is 19.3. The summed E-state index contributed by atoms with van der Waals surface area (Å²) in [6.45, 7) is 3.67. The van der Waals surface area contributed by atoms with Gasteiger partial charge in [0.25, 0.3) is 0 Å². The molecular weight excluding hydrogens is 376 g/mol. The SMILES string of the molecule is O=C(Cc1ccccc1)N1CCN(Cc2nnnn2-c2ccc(Cl)cc2)CC1. The van der Waals surface area contributed by atoms with Gasteiger partial charge in [-0.1, -0.05) is 41.9 Å². The van der Waals surface area contributed by atoms with Crippen LogP contribution in [0.25, 0.3) is 5.69 Å². The summed E-state index contributed by atoms with van der Waals surface area (Å²) in [5.41, 5.74) is 1.93. The molecule has 144 valence electrons. The molecule has 1 aliphatic rings. The second kappa shape index (κ2) is 8.50. The number of aromatic nitrogens is 4. The van der Waals surface area contributed by atoms with Gasteiger partial charge in [0.05, 0.1) is 18.7 Å². The highest BCUT2D eigenvalue weighted by Crippen LogP contribution is 2.15. The average Bonchev–Trinajstić information content (AvgIpc) is 3.18. The fourth-order valence-electron chi connectivity index (χ4n) is 3.32. The van der Waals surface area contributed by atoms with E-state index in [1.807, 2.05) is 59.5 Å².